The van der Waals surface area contributed by atoms with Crippen molar-refractivity contribution in [1.29, 1.82) is 5.26 Å². The number of amides is 1. The van der Waals surface area contributed by atoms with Gasteiger partial charge in [0.25, 0.3) is 0 Å². The topological polar surface area (TPSA) is 81.5 Å². The molecule has 0 bridgehead atoms. The van der Waals surface area contributed by atoms with Crippen LogP contribution in [0.15, 0.2) is 29.2 Å². The average Bonchev–Trinajstić information content (AvgIpc) is 3.02. The Morgan fingerprint density at radius 1 is 1.43 bits per heavy atom. The number of halogens is 1. The summed E-state index contributed by atoms with van der Waals surface area (Å²) in [6.45, 7) is 0.605. The standard InChI is InChI=1S/C15H18ClN3O3S/c1-18(10-3-9-17)15(20)14-4-2-11-19(14)23(21,22)13-7-5-12(16)6-8-13/h5-8,14H,2-4,10-11H2,1H3/t14-/m1/s1. The molecular formula is C15H18ClN3O3S. The number of likely N-dealkylation sites (N-methyl/N-ethyl adjacent to an activating group) is 1. The van der Waals surface area contributed by atoms with Gasteiger partial charge in [-0.05, 0) is 37.1 Å². The molecule has 1 aromatic carbocycles. The van der Waals surface area contributed by atoms with E-state index in [2.05, 4.69) is 0 Å². The molecule has 0 unspecified atom stereocenters. The van der Waals surface area contributed by atoms with Crippen molar-refractivity contribution < 1.29 is 13.2 Å². The van der Waals surface area contributed by atoms with Crippen LogP contribution in [0.5, 0.6) is 0 Å². The summed E-state index contributed by atoms with van der Waals surface area (Å²) >= 11 is 5.80. The normalized spacial score (nSPS) is 18.6. The Balaban J connectivity index is 2.22. The van der Waals surface area contributed by atoms with Gasteiger partial charge in [0.2, 0.25) is 15.9 Å². The van der Waals surface area contributed by atoms with Crippen LogP contribution in [0.25, 0.3) is 0 Å². The van der Waals surface area contributed by atoms with Crippen molar-refractivity contribution in [2.45, 2.75) is 30.2 Å². The quantitative estimate of drug-likeness (QED) is 0.807. The molecule has 1 aliphatic rings. The van der Waals surface area contributed by atoms with Gasteiger partial charge in [0.05, 0.1) is 17.4 Å². The molecule has 1 amide bonds. The molecular weight excluding hydrogens is 338 g/mol. The van der Waals surface area contributed by atoms with Crippen LogP contribution in [0, 0.1) is 11.3 Å². The predicted molar refractivity (Wildman–Crippen MR) is 86.2 cm³/mol. The summed E-state index contributed by atoms with van der Waals surface area (Å²) in [5, 5.41) is 9.06. The maximum Gasteiger partial charge on any atom is 0.243 e. The Hall–Kier alpha value is -1.62. The van der Waals surface area contributed by atoms with E-state index in [1.54, 1.807) is 7.05 Å². The molecule has 0 radical (unpaired) electrons. The summed E-state index contributed by atoms with van der Waals surface area (Å²) in [6, 6.07) is 7.18. The number of nitriles is 1. The van der Waals surface area contributed by atoms with Crippen molar-refractivity contribution in [2.75, 3.05) is 20.1 Å². The van der Waals surface area contributed by atoms with Gasteiger partial charge >= 0.3 is 0 Å². The first-order valence-corrected chi connectivity index (χ1v) is 9.09. The minimum Gasteiger partial charge on any atom is -0.343 e. The zero-order chi connectivity index (χ0) is 17.0. The van der Waals surface area contributed by atoms with Crippen molar-refractivity contribution in [2.24, 2.45) is 0 Å². The molecule has 8 heteroatoms. The molecule has 1 aliphatic heterocycles. The molecule has 124 valence electrons. The minimum atomic E-state index is -3.74. The largest absolute Gasteiger partial charge is 0.343 e. The third kappa shape index (κ3) is 3.83. The van der Waals surface area contributed by atoms with Gasteiger partial charge in [0.15, 0.2) is 0 Å². The second-order valence-corrected chi connectivity index (χ2v) is 7.72. The van der Waals surface area contributed by atoms with Gasteiger partial charge in [0, 0.05) is 25.2 Å². The molecule has 2 rings (SSSR count). The average molecular weight is 356 g/mol. The monoisotopic (exact) mass is 355 g/mol. The van der Waals surface area contributed by atoms with Gasteiger partial charge in [0.1, 0.15) is 6.04 Å². The molecule has 1 fully saturated rings. The Kier molecular flexibility index (Phi) is 5.63. The summed E-state index contributed by atoms with van der Waals surface area (Å²) in [5.41, 5.74) is 0. The molecule has 1 saturated heterocycles. The predicted octanol–water partition coefficient (Wildman–Crippen LogP) is 1.87. The van der Waals surface area contributed by atoms with Crippen molar-refractivity contribution in [3.05, 3.63) is 29.3 Å². The molecule has 1 heterocycles. The molecule has 1 atom stereocenters. The van der Waals surface area contributed by atoms with Crippen LogP contribution in [0.3, 0.4) is 0 Å². The lowest BCUT2D eigenvalue weighted by Gasteiger charge is -2.27. The maximum absolute atomic E-state index is 12.8. The van der Waals surface area contributed by atoms with Crippen LogP contribution in [-0.4, -0.2) is 49.7 Å². The zero-order valence-corrected chi connectivity index (χ0v) is 14.3. The minimum absolute atomic E-state index is 0.126. The SMILES string of the molecule is CN(CCC#N)C(=O)[C@H]1CCCN1S(=O)(=O)c1ccc(Cl)cc1. The van der Waals surface area contributed by atoms with Crippen molar-refractivity contribution >= 4 is 27.5 Å². The summed E-state index contributed by atoms with van der Waals surface area (Å²) in [6.07, 6.45) is 1.34. The highest BCUT2D eigenvalue weighted by Gasteiger charge is 2.40. The van der Waals surface area contributed by atoms with E-state index in [-0.39, 0.29) is 17.2 Å². The van der Waals surface area contributed by atoms with Crippen LogP contribution in [-0.2, 0) is 14.8 Å². The van der Waals surface area contributed by atoms with Crippen LogP contribution in [0.4, 0.5) is 0 Å². The van der Waals surface area contributed by atoms with Gasteiger partial charge in [-0.25, -0.2) is 8.42 Å². The van der Waals surface area contributed by atoms with E-state index in [0.717, 1.165) is 0 Å². The van der Waals surface area contributed by atoms with E-state index >= 15 is 0 Å². The summed E-state index contributed by atoms with van der Waals surface area (Å²) in [4.78, 5) is 14.0. The fourth-order valence-electron chi connectivity index (χ4n) is 2.60. The van der Waals surface area contributed by atoms with Crippen molar-refractivity contribution in [1.82, 2.24) is 9.21 Å². The fourth-order valence-corrected chi connectivity index (χ4v) is 4.38. The molecule has 0 aromatic heterocycles. The number of carbonyl (C=O) groups is 1. The molecule has 6 nitrogen and oxygen atoms in total. The van der Waals surface area contributed by atoms with Crippen molar-refractivity contribution in [3.8, 4) is 6.07 Å². The molecule has 23 heavy (non-hydrogen) atoms. The third-order valence-electron chi connectivity index (χ3n) is 3.84. The summed E-state index contributed by atoms with van der Waals surface area (Å²) in [5.74, 6) is -0.268. The smallest absolute Gasteiger partial charge is 0.243 e. The van der Waals surface area contributed by atoms with Crippen LogP contribution in [0.2, 0.25) is 5.02 Å². The number of nitrogens with zero attached hydrogens (tertiary/aromatic N) is 3. The maximum atomic E-state index is 12.8. The van der Waals surface area contributed by atoms with E-state index in [1.807, 2.05) is 6.07 Å². The second kappa shape index (κ2) is 7.30. The van der Waals surface area contributed by atoms with Gasteiger partial charge in [-0.1, -0.05) is 11.6 Å². The highest BCUT2D eigenvalue weighted by molar-refractivity contribution is 7.89. The zero-order valence-electron chi connectivity index (χ0n) is 12.8. The van der Waals surface area contributed by atoms with Crippen LogP contribution >= 0.6 is 11.6 Å². The van der Waals surface area contributed by atoms with E-state index in [0.29, 0.717) is 31.0 Å². The van der Waals surface area contributed by atoms with Gasteiger partial charge in [-0.15, -0.1) is 0 Å². The first-order chi connectivity index (χ1) is 10.9. The summed E-state index contributed by atoms with van der Waals surface area (Å²) < 4.78 is 26.8. The second-order valence-electron chi connectivity index (χ2n) is 5.40. The van der Waals surface area contributed by atoms with Gasteiger partial charge in [-0.3, -0.25) is 4.79 Å². The molecule has 1 aromatic rings. The summed E-state index contributed by atoms with van der Waals surface area (Å²) in [7, 11) is -2.15. The first-order valence-electron chi connectivity index (χ1n) is 7.27. The number of hydrogen-bond acceptors (Lipinski definition) is 4. The lowest BCUT2D eigenvalue weighted by Crippen LogP contribution is -2.46. The van der Waals surface area contributed by atoms with Gasteiger partial charge < -0.3 is 4.90 Å². The van der Waals surface area contributed by atoms with Crippen LogP contribution in [0.1, 0.15) is 19.3 Å². The number of benzene rings is 1. The number of carbonyl (C=O) groups excluding carboxylic acids is 1. The Morgan fingerprint density at radius 3 is 2.70 bits per heavy atom. The fraction of sp³-hybridized carbons (Fsp3) is 0.467. The number of rotatable bonds is 5. The first kappa shape index (κ1) is 17.7. The Bertz CT molecular complexity index is 712. The lowest BCUT2D eigenvalue weighted by atomic mass is 10.2. The lowest BCUT2D eigenvalue weighted by molar-refractivity contribution is -0.133. The third-order valence-corrected chi connectivity index (χ3v) is 6.02. The van der Waals surface area contributed by atoms with E-state index < -0.39 is 16.1 Å². The molecule has 0 N–H and O–H groups in total. The van der Waals surface area contributed by atoms with E-state index in [1.165, 1.54) is 33.5 Å². The number of hydrogen-bond donors (Lipinski definition) is 0. The highest BCUT2D eigenvalue weighted by atomic mass is 35.5. The Labute approximate surface area is 141 Å². The highest BCUT2D eigenvalue weighted by Crippen LogP contribution is 2.27. The Morgan fingerprint density at radius 2 is 2.09 bits per heavy atom. The van der Waals surface area contributed by atoms with Crippen molar-refractivity contribution in [3.63, 3.8) is 0 Å². The molecule has 0 saturated carbocycles. The molecule has 0 spiro atoms. The van der Waals surface area contributed by atoms with E-state index in [9.17, 15) is 13.2 Å². The number of sulfonamides is 1. The molecule has 0 aliphatic carbocycles. The van der Waals surface area contributed by atoms with Crippen LogP contribution < -0.4 is 0 Å². The van der Waals surface area contributed by atoms with Gasteiger partial charge in [-0.2, -0.15) is 9.57 Å². The van der Waals surface area contributed by atoms with E-state index in [4.69, 9.17) is 16.9 Å².